The molecule has 132 valence electrons. The molecule has 2 aromatic heterocycles. The number of aromatic nitrogens is 3. The number of rotatable bonds is 6. The molecule has 3 heterocycles. The van der Waals surface area contributed by atoms with Crippen LogP contribution in [-0.4, -0.2) is 40.7 Å². The molecule has 7 heteroatoms. The van der Waals surface area contributed by atoms with E-state index in [1.165, 1.54) is 12.0 Å². The predicted octanol–water partition coefficient (Wildman–Crippen LogP) is 1.80. The van der Waals surface area contributed by atoms with Crippen LogP contribution in [-0.2, 0) is 13.6 Å². The Bertz CT molecular complexity index is 774. The third-order valence-electron chi connectivity index (χ3n) is 5.03. The molecular weight excluding hydrogens is 314 g/mol. The molecule has 0 radical (unpaired) electrons. The van der Waals surface area contributed by atoms with Crippen molar-refractivity contribution in [3.05, 3.63) is 35.4 Å². The molecule has 1 saturated heterocycles. The van der Waals surface area contributed by atoms with Crippen LogP contribution >= 0.6 is 0 Å². The molecule has 0 unspecified atom stereocenters. The van der Waals surface area contributed by atoms with Crippen molar-refractivity contribution in [1.29, 1.82) is 5.26 Å². The van der Waals surface area contributed by atoms with E-state index in [4.69, 9.17) is 5.26 Å². The second kappa shape index (κ2) is 7.53. The summed E-state index contributed by atoms with van der Waals surface area (Å²) >= 11 is 0. The summed E-state index contributed by atoms with van der Waals surface area (Å²) in [4.78, 5) is 11.0. The standard InChI is InChI=1S/C18H25N7/c1-13-14(7-16(9-19)24(13)3)10-21-11-15-5-4-6-25(15)18-8-17(20-2)22-12-23-18/h7-8,12,15,21H,4-6,10-11H2,1-3H3,(H,20,22,23)/t15-/m1/s1. The molecule has 3 rings (SSSR count). The van der Waals surface area contributed by atoms with Crippen LogP contribution in [0.4, 0.5) is 11.6 Å². The Morgan fingerprint density at radius 2 is 2.20 bits per heavy atom. The largest absolute Gasteiger partial charge is 0.373 e. The number of hydrogen-bond acceptors (Lipinski definition) is 6. The lowest BCUT2D eigenvalue weighted by Gasteiger charge is -2.26. The molecule has 1 atom stereocenters. The van der Waals surface area contributed by atoms with Gasteiger partial charge in [-0.05, 0) is 31.4 Å². The Hall–Kier alpha value is -2.59. The maximum absolute atomic E-state index is 9.14. The first-order valence-corrected chi connectivity index (χ1v) is 8.66. The fraction of sp³-hybridized carbons (Fsp3) is 0.500. The fourth-order valence-corrected chi connectivity index (χ4v) is 3.41. The van der Waals surface area contributed by atoms with Crippen molar-refractivity contribution >= 4 is 11.6 Å². The van der Waals surface area contributed by atoms with Crippen LogP contribution in [0.5, 0.6) is 0 Å². The predicted molar refractivity (Wildman–Crippen MR) is 98.5 cm³/mol. The highest BCUT2D eigenvalue weighted by Gasteiger charge is 2.25. The van der Waals surface area contributed by atoms with E-state index < -0.39 is 0 Å². The fourth-order valence-electron chi connectivity index (χ4n) is 3.41. The first-order chi connectivity index (χ1) is 12.1. The van der Waals surface area contributed by atoms with Crippen LogP contribution in [0, 0.1) is 18.3 Å². The molecule has 0 amide bonds. The number of anilines is 2. The average molecular weight is 339 g/mol. The highest BCUT2D eigenvalue weighted by molar-refractivity contribution is 5.49. The lowest BCUT2D eigenvalue weighted by molar-refractivity contribution is 0.569. The lowest BCUT2D eigenvalue weighted by atomic mass is 10.2. The van der Waals surface area contributed by atoms with Crippen molar-refractivity contribution in [1.82, 2.24) is 19.9 Å². The van der Waals surface area contributed by atoms with E-state index in [1.807, 2.05) is 30.8 Å². The lowest BCUT2D eigenvalue weighted by Crippen LogP contribution is -2.38. The molecule has 1 aliphatic heterocycles. The van der Waals surface area contributed by atoms with Crippen molar-refractivity contribution < 1.29 is 0 Å². The van der Waals surface area contributed by atoms with Gasteiger partial charge in [0.25, 0.3) is 0 Å². The Labute approximate surface area is 148 Å². The summed E-state index contributed by atoms with van der Waals surface area (Å²) in [7, 11) is 3.80. The van der Waals surface area contributed by atoms with E-state index in [2.05, 4.69) is 38.5 Å². The van der Waals surface area contributed by atoms with E-state index >= 15 is 0 Å². The summed E-state index contributed by atoms with van der Waals surface area (Å²) in [5.74, 6) is 1.82. The topological polar surface area (TPSA) is 81.8 Å². The monoisotopic (exact) mass is 339 g/mol. The van der Waals surface area contributed by atoms with Gasteiger partial charge in [0, 0.05) is 51.5 Å². The molecule has 1 aliphatic rings. The van der Waals surface area contributed by atoms with Gasteiger partial charge in [-0.25, -0.2) is 9.97 Å². The van der Waals surface area contributed by atoms with Gasteiger partial charge in [-0.3, -0.25) is 0 Å². The molecule has 2 N–H and O–H groups in total. The number of hydrogen-bond donors (Lipinski definition) is 2. The SMILES string of the molecule is CNc1cc(N2CCC[C@@H]2CNCc2cc(C#N)n(C)c2C)ncn1. The van der Waals surface area contributed by atoms with Crippen molar-refractivity contribution in [3.8, 4) is 6.07 Å². The molecule has 25 heavy (non-hydrogen) atoms. The average Bonchev–Trinajstić information content (AvgIpc) is 3.21. The zero-order valence-corrected chi connectivity index (χ0v) is 15.1. The van der Waals surface area contributed by atoms with Gasteiger partial charge >= 0.3 is 0 Å². The van der Waals surface area contributed by atoms with Crippen molar-refractivity contribution in [3.63, 3.8) is 0 Å². The second-order valence-corrected chi connectivity index (χ2v) is 6.44. The number of nitriles is 1. The van der Waals surface area contributed by atoms with Gasteiger partial charge in [-0.2, -0.15) is 5.26 Å². The molecular formula is C18H25N7. The van der Waals surface area contributed by atoms with Gasteiger partial charge in [0.2, 0.25) is 0 Å². The first-order valence-electron chi connectivity index (χ1n) is 8.66. The zero-order valence-electron chi connectivity index (χ0n) is 15.1. The Balaban J connectivity index is 1.62. The minimum absolute atomic E-state index is 0.430. The highest BCUT2D eigenvalue weighted by Crippen LogP contribution is 2.24. The molecule has 0 bridgehead atoms. The van der Waals surface area contributed by atoms with Crippen molar-refractivity contribution in [2.24, 2.45) is 7.05 Å². The van der Waals surface area contributed by atoms with Crippen LogP contribution in [0.1, 0.15) is 29.8 Å². The van der Waals surface area contributed by atoms with Gasteiger partial charge in [-0.1, -0.05) is 0 Å². The van der Waals surface area contributed by atoms with E-state index in [1.54, 1.807) is 6.33 Å². The number of nitrogens with one attached hydrogen (secondary N) is 2. The molecule has 1 fully saturated rings. The van der Waals surface area contributed by atoms with Crippen molar-refractivity contribution in [2.75, 3.05) is 30.4 Å². The molecule has 0 saturated carbocycles. The van der Waals surface area contributed by atoms with Gasteiger partial charge < -0.3 is 20.1 Å². The van der Waals surface area contributed by atoms with E-state index in [9.17, 15) is 0 Å². The molecule has 0 aliphatic carbocycles. The summed E-state index contributed by atoms with van der Waals surface area (Å²) in [6.07, 6.45) is 3.94. The summed E-state index contributed by atoms with van der Waals surface area (Å²) in [5, 5.41) is 15.8. The zero-order chi connectivity index (χ0) is 17.8. The molecule has 0 aromatic carbocycles. The normalized spacial score (nSPS) is 16.9. The summed E-state index contributed by atoms with van der Waals surface area (Å²) in [6, 6.07) is 6.63. The Morgan fingerprint density at radius 1 is 1.36 bits per heavy atom. The summed E-state index contributed by atoms with van der Waals surface area (Å²) in [5.41, 5.74) is 3.03. The van der Waals surface area contributed by atoms with Gasteiger partial charge in [0.05, 0.1) is 0 Å². The van der Waals surface area contributed by atoms with E-state index in [-0.39, 0.29) is 0 Å². The third kappa shape index (κ3) is 3.59. The minimum Gasteiger partial charge on any atom is -0.373 e. The van der Waals surface area contributed by atoms with Crippen molar-refractivity contribution in [2.45, 2.75) is 32.4 Å². The second-order valence-electron chi connectivity index (χ2n) is 6.44. The highest BCUT2D eigenvalue weighted by atomic mass is 15.2. The van der Waals surface area contributed by atoms with Crippen LogP contribution in [0.2, 0.25) is 0 Å². The van der Waals surface area contributed by atoms with E-state index in [0.717, 1.165) is 43.4 Å². The Kier molecular flexibility index (Phi) is 5.19. The summed E-state index contributed by atoms with van der Waals surface area (Å²) in [6.45, 7) is 4.75. The maximum atomic E-state index is 9.14. The van der Waals surface area contributed by atoms with Crippen LogP contribution < -0.4 is 15.5 Å². The van der Waals surface area contributed by atoms with Crippen LogP contribution in [0.25, 0.3) is 0 Å². The Morgan fingerprint density at radius 3 is 2.92 bits per heavy atom. The quantitative estimate of drug-likeness (QED) is 0.835. The number of nitrogens with zero attached hydrogens (tertiary/aromatic N) is 5. The maximum Gasteiger partial charge on any atom is 0.134 e. The van der Waals surface area contributed by atoms with Crippen LogP contribution in [0.3, 0.4) is 0 Å². The third-order valence-corrected chi connectivity index (χ3v) is 5.03. The molecule has 0 spiro atoms. The van der Waals surface area contributed by atoms with Gasteiger partial charge in [0.1, 0.15) is 29.7 Å². The van der Waals surface area contributed by atoms with Crippen LogP contribution in [0.15, 0.2) is 18.5 Å². The van der Waals surface area contributed by atoms with Gasteiger partial charge in [0.15, 0.2) is 0 Å². The minimum atomic E-state index is 0.430. The first kappa shape index (κ1) is 17.2. The smallest absolute Gasteiger partial charge is 0.134 e. The summed E-state index contributed by atoms with van der Waals surface area (Å²) < 4.78 is 1.94. The molecule has 7 nitrogen and oxygen atoms in total. The molecule has 2 aromatic rings. The van der Waals surface area contributed by atoms with E-state index in [0.29, 0.717) is 11.7 Å². The van der Waals surface area contributed by atoms with Gasteiger partial charge in [-0.15, -0.1) is 0 Å².